The predicted molar refractivity (Wildman–Crippen MR) is 104 cm³/mol. The van der Waals surface area contributed by atoms with E-state index in [0.717, 1.165) is 30.5 Å². The average Bonchev–Trinajstić information content (AvgIpc) is 2.55. The smallest absolute Gasteiger partial charge is 0.339 e. The molecule has 3 rings (SSSR count). The SMILES string of the molecule is CN(C)CCCC1(c2ccc(Cl)cc2)Cc2ccccc2C(=O)O1.Cl. The summed E-state index contributed by atoms with van der Waals surface area (Å²) < 4.78 is 6.01. The summed E-state index contributed by atoms with van der Waals surface area (Å²) >= 11 is 6.04. The van der Waals surface area contributed by atoms with Gasteiger partial charge in [0, 0.05) is 11.4 Å². The highest BCUT2D eigenvalue weighted by molar-refractivity contribution is 6.30. The normalized spacial score (nSPS) is 19.1. The van der Waals surface area contributed by atoms with Crippen molar-refractivity contribution in [1.29, 1.82) is 0 Å². The topological polar surface area (TPSA) is 29.5 Å². The molecule has 0 spiro atoms. The van der Waals surface area contributed by atoms with Gasteiger partial charge in [-0.15, -0.1) is 12.4 Å². The minimum atomic E-state index is -0.619. The van der Waals surface area contributed by atoms with Gasteiger partial charge in [0.2, 0.25) is 0 Å². The molecule has 1 unspecified atom stereocenters. The number of carbonyl (C=O) groups is 1. The highest BCUT2D eigenvalue weighted by Crippen LogP contribution is 2.40. The van der Waals surface area contributed by atoms with Crippen LogP contribution in [0, 0.1) is 0 Å². The molecule has 5 heteroatoms. The van der Waals surface area contributed by atoms with Crippen LogP contribution in [0.1, 0.15) is 34.3 Å². The van der Waals surface area contributed by atoms with Crippen molar-refractivity contribution in [3.8, 4) is 0 Å². The number of cyclic esters (lactones) is 1. The second-order valence-electron chi connectivity index (χ2n) is 6.63. The largest absolute Gasteiger partial charge is 0.450 e. The van der Waals surface area contributed by atoms with E-state index >= 15 is 0 Å². The van der Waals surface area contributed by atoms with Crippen molar-refractivity contribution < 1.29 is 9.53 Å². The van der Waals surface area contributed by atoms with Crippen molar-refractivity contribution in [1.82, 2.24) is 4.90 Å². The lowest BCUT2D eigenvalue weighted by Gasteiger charge is -2.38. The van der Waals surface area contributed by atoms with E-state index in [1.165, 1.54) is 0 Å². The molecule has 1 aliphatic rings. The Hall–Kier alpha value is -1.55. The van der Waals surface area contributed by atoms with Gasteiger partial charge in [-0.3, -0.25) is 0 Å². The van der Waals surface area contributed by atoms with Gasteiger partial charge in [-0.25, -0.2) is 4.79 Å². The second-order valence-corrected chi connectivity index (χ2v) is 7.07. The minimum absolute atomic E-state index is 0. The number of nitrogens with zero attached hydrogens (tertiary/aromatic N) is 1. The first-order valence-corrected chi connectivity index (χ1v) is 8.60. The molecule has 0 saturated carbocycles. The van der Waals surface area contributed by atoms with E-state index in [4.69, 9.17) is 16.3 Å². The zero-order valence-electron chi connectivity index (χ0n) is 14.5. The number of halogens is 2. The molecule has 0 aliphatic carbocycles. The number of hydrogen-bond donors (Lipinski definition) is 0. The van der Waals surface area contributed by atoms with Crippen LogP contribution in [0.3, 0.4) is 0 Å². The Morgan fingerprint density at radius 1 is 1.12 bits per heavy atom. The summed E-state index contributed by atoms with van der Waals surface area (Å²) in [6.45, 7) is 0.953. The van der Waals surface area contributed by atoms with Crippen LogP contribution in [0.4, 0.5) is 0 Å². The minimum Gasteiger partial charge on any atom is -0.450 e. The summed E-state index contributed by atoms with van der Waals surface area (Å²) in [7, 11) is 4.11. The number of fused-ring (bicyclic) bond motifs is 1. The lowest BCUT2D eigenvalue weighted by Crippen LogP contribution is -2.39. The molecule has 0 saturated heterocycles. The monoisotopic (exact) mass is 379 g/mol. The van der Waals surface area contributed by atoms with Crippen LogP contribution in [-0.4, -0.2) is 31.5 Å². The lowest BCUT2D eigenvalue weighted by atomic mass is 9.80. The molecule has 2 aromatic carbocycles. The average molecular weight is 380 g/mol. The number of benzene rings is 2. The van der Waals surface area contributed by atoms with Crippen molar-refractivity contribution in [2.75, 3.05) is 20.6 Å². The van der Waals surface area contributed by atoms with E-state index in [2.05, 4.69) is 19.0 Å². The maximum atomic E-state index is 12.6. The summed E-state index contributed by atoms with van der Waals surface area (Å²) in [6, 6.07) is 15.4. The van der Waals surface area contributed by atoms with Gasteiger partial charge in [0.1, 0.15) is 5.60 Å². The molecule has 25 heavy (non-hydrogen) atoms. The molecule has 0 bridgehead atoms. The molecule has 134 valence electrons. The lowest BCUT2D eigenvalue weighted by molar-refractivity contribution is -0.0344. The molecule has 0 N–H and O–H groups in total. The summed E-state index contributed by atoms with van der Waals surface area (Å²) in [4.78, 5) is 14.7. The molecule has 1 aliphatic heterocycles. The zero-order valence-corrected chi connectivity index (χ0v) is 16.1. The molecule has 0 amide bonds. The molecule has 1 heterocycles. The van der Waals surface area contributed by atoms with Crippen molar-refractivity contribution in [2.24, 2.45) is 0 Å². The van der Waals surface area contributed by atoms with Crippen LogP contribution in [0.15, 0.2) is 48.5 Å². The van der Waals surface area contributed by atoms with Gasteiger partial charge in [0.25, 0.3) is 0 Å². The fourth-order valence-corrected chi connectivity index (χ4v) is 3.45. The molecule has 0 fully saturated rings. The van der Waals surface area contributed by atoms with Gasteiger partial charge in [0.05, 0.1) is 5.56 Å². The van der Waals surface area contributed by atoms with Crippen LogP contribution in [0.5, 0.6) is 0 Å². The van der Waals surface area contributed by atoms with Crippen LogP contribution in [0.2, 0.25) is 5.02 Å². The third-order valence-electron chi connectivity index (χ3n) is 4.56. The van der Waals surface area contributed by atoms with E-state index in [1.807, 2.05) is 48.5 Å². The van der Waals surface area contributed by atoms with Gasteiger partial charge >= 0.3 is 5.97 Å². The standard InChI is InChI=1S/C20H22ClNO2.ClH/c1-22(2)13-5-12-20(16-8-10-17(21)11-9-16)14-15-6-3-4-7-18(15)19(23)24-20;/h3-4,6-11H,5,12-14H2,1-2H3;1H. The number of carbonyl (C=O) groups excluding carboxylic acids is 1. The first-order valence-electron chi connectivity index (χ1n) is 8.22. The van der Waals surface area contributed by atoms with Crippen molar-refractivity contribution >= 4 is 30.0 Å². The van der Waals surface area contributed by atoms with Crippen LogP contribution >= 0.6 is 24.0 Å². The van der Waals surface area contributed by atoms with E-state index in [0.29, 0.717) is 17.0 Å². The number of ether oxygens (including phenoxy) is 1. The van der Waals surface area contributed by atoms with E-state index < -0.39 is 5.60 Å². The third-order valence-corrected chi connectivity index (χ3v) is 4.81. The Bertz CT molecular complexity index is 731. The first-order chi connectivity index (χ1) is 11.5. The van der Waals surface area contributed by atoms with Crippen molar-refractivity contribution in [3.05, 3.63) is 70.2 Å². The zero-order chi connectivity index (χ0) is 17.2. The van der Waals surface area contributed by atoms with Gasteiger partial charge in [-0.2, -0.15) is 0 Å². The first kappa shape index (κ1) is 19.8. The molecule has 3 nitrogen and oxygen atoms in total. The van der Waals surface area contributed by atoms with Crippen molar-refractivity contribution in [3.63, 3.8) is 0 Å². The van der Waals surface area contributed by atoms with Gasteiger partial charge in [0.15, 0.2) is 0 Å². The number of hydrogen-bond acceptors (Lipinski definition) is 3. The third kappa shape index (κ3) is 4.35. The number of rotatable bonds is 5. The Kier molecular flexibility index (Phi) is 6.50. The Labute approximate surface area is 160 Å². The predicted octanol–water partition coefficient (Wildman–Crippen LogP) is 4.71. The van der Waals surface area contributed by atoms with Crippen LogP contribution in [0.25, 0.3) is 0 Å². The molecule has 1 atom stereocenters. The second kappa shape index (κ2) is 8.22. The quantitative estimate of drug-likeness (QED) is 0.704. The highest BCUT2D eigenvalue weighted by Gasteiger charge is 2.41. The Morgan fingerprint density at radius 3 is 2.48 bits per heavy atom. The summed E-state index contributed by atoms with van der Waals surface area (Å²) in [6.07, 6.45) is 2.43. The maximum Gasteiger partial charge on any atom is 0.339 e. The Balaban J connectivity index is 0.00000225. The summed E-state index contributed by atoms with van der Waals surface area (Å²) in [5.74, 6) is -0.239. The van der Waals surface area contributed by atoms with Gasteiger partial charge in [-0.05, 0) is 62.8 Å². The van der Waals surface area contributed by atoms with E-state index in [1.54, 1.807) is 0 Å². The van der Waals surface area contributed by atoms with E-state index in [9.17, 15) is 4.79 Å². The van der Waals surface area contributed by atoms with Crippen LogP contribution < -0.4 is 0 Å². The summed E-state index contributed by atoms with van der Waals surface area (Å²) in [5.41, 5.74) is 2.11. The van der Waals surface area contributed by atoms with E-state index in [-0.39, 0.29) is 18.4 Å². The van der Waals surface area contributed by atoms with Crippen LogP contribution in [-0.2, 0) is 16.8 Å². The van der Waals surface area contributed by atoms with Crippen molar-refractivity contribution in [2.45, 2.75) is 24.9 Å². The highest BCUT2D eigenvalue weighted by atomic mass is 35.5. The molecule has 2 aromatic rings. The number of esters is 1. The van der Waals surface area contributed by atoms with Gasteiger partial charge in [-0.1, -0.05) is 41.9 Å². The Morgan fingerprint density at radius 2 is 1.80 bits per heavy atom. The molecular formula is C20H23Cl2NO2. The molecule has 0 radical (unpaired) electrons. The maximum absolute atomic E-state index is 12.6. The fourth-order valence-electron chi connectivity index (χ4n) is 3.33. The summed E-state index contributed by atoms with van der Waals surface area (Å²) in [5, 5.41) is 0.685. The molecule has 0 aromatic heterocycles. The van der Waals surface area contributed by atoms with Gasteiger partial charge < -0.3 is 9.64 Å². The molecular weight excluding hydrogens is 357 g/mol. The fraction of sp³-hybridized carbons (Fsp3) is 0.350.